The van der Waals surface area contributed by atoms with Crippen LogP contribution < -0.4 is 5.32 Å². The molecule has 0 fully saturated rings. The highest BCUT2D eigenvalue weighted by Crippen LogP contribution is 2.25. The van der Waals surface area contributed by atoms with Gasteiger partial charge in [0.1, 0.15) is 6.04 Å². The first-order valence-electron chi connectivity index (χ1n) is 10.2. The predicted molar refractivity (Wildman–Crippen MR) is 115 cm³/mol. The van der Waals surface area contributed by atoms with Crippen LogP contribution in [0.25, 0.3) is 0 Å². The van der Waals surface area contributed by atoms with Crippen LogP contribution in [0.4, 0.5) is 0 Å². The van der Waals surface area contributed by atoms with Crippen molar-refractivity contribution in [1.82, 2.24) is 10.2 Å². The molecule has 162 valence electrons. The Hall–Kier alpha value is -3.48. The van der Waals surface area contributed by atoms with Gasteiger partial charge in [0.05, 0.1) is 18.2 Å². The number of amides is 3. The molecular formula is C24H26N2O5. The van der Waals surface area contributed by atoms with E-state index in [9.17, 15) is 19.2 Å². The monoisotopic (exact) mass is 422 g/mol. The lowest BCUT2D eigenvalue weighted by atomic mass is 10.0. The fourth-order valence-corrected chi connectivity index (χ4v) is 3.45. The van der Waals surface area contributed by atoms with Gasteiger partial charge in [-0.3, -0.25) is 19.3 Å². The molecule has 0 spiro atoms. The molecule has 2 aromatic rings. The van der Waals surface area contributed by atoms with Crippen molar-refractivity contribution >= 4 is 23.7 Å². The Morgan fingerprint density at radius 2 is 1.68 bits per heavy atom. The number of hydrogen-bond acceptors (Lipinski definition) is 5. The number of esters is 1. The van der Waals surface area contributed by atoms with Gasteiger partial charge < -0.3 is 10.1 Å². The average molecular weight is 422 g/mol. The maximum absolute atomic E-state index is 12.8. The number of fused-ring (bicyclic) bond motifs is 1. The molecule has 0 aromatic heterocycles. The quantitative estimate of drug-likeness (QED) is 0.522. The third kappa shape index (κ3) is 4.99. The number of imide groups is 1. The van der Waals surface area contributed by atoms with Crippen molar-refractivity contribution < 1.29 is 23.9 Å². The Balaban J connectivity index is 1.77. The minimum atomic E-state index is -0.881. The molecular weight excluding hydrogens is 396 g/mol. The predicted octanol–water partition coefficient (Wildman–Crippen LogP) is 2.84. The molecule has 1 heterocycles. The molecule has 3 rings (SSSR count). The number of carbonyl (C=O) groups excluding carboxylic acids is 4. The topological polar surface area (TPSA) is 92.8 Å². The van der Waals surface area contributed by atoms with E-state index < -0.39 is 23.8 Å². The lowest BCUT2D eigenvalue weighted by Crippen LogP contribution is -2.43. The molecule has 1 aliphatic heterocycles. The summed E-state index contributed by atoms with van der Waals surface area (Å²) >= 11 is 0. The lowest BCUT2D eigenvalue weighted by molar-refractivity contribution is -0.142. The van der Waals surface area contributed by atoms with Crippen LogP contribution >= 0.6 is 0 Å². The molecule has 0 radical (unpaired) electrons. The number of benzene rings is 2. The van der Waals surface area contributed by atoms with Gasteiger partial charge in [0.2, 0.25) is 0 Å². The van der Waals surface area contributed by atoms with Gasteiger partial charge in [0.25, 0.3) is 17.7 Å². The molecule has 1 atom stereocenters. The molecule has 3 amide bonds. The molecule has 7 nitrogen and oxygen atoms in total. The minimum Gasteiger partial charge on any atom is -0.467 e. The number of nitrogens with zero attached hydrogens (tertiary/aromatic N) is 1. The summed E-state index contributed by atoms with van der Waals surface area (Å²) in [5.41, 5.74) is 1.57. The molecule has 0 unspecified atom stereocenters. The van der Waals surface area contributed by atoms with E-state index in [1.165, 1.54) is 30.2 Å². The third-order valence-electron chi connectivity index (χ3n) is 5.24. The molecule has 0 bridgehead atoms. The summed E-state index contributed by atoms with van der Waals surface area (Å²) in [6, 6.07) is 12.8. The van der Waals surface area contributed by atoms with Gasteiger partial charge in [-0.15, -0.1) is 0 Å². The third-order valence-corrected chi connectivity index (χ3v) is 5.24. The Bertz CT molecular complexity index is 1000. The number of nitrogens with one attached hydrogen (secondary N) is 1. The van der Waals surface area contributed by atoms with Crippen LogP contribution in [0.15, 0.2) is 48.5 Å². The van der Waals surface area contributed by atoms with Crippen molar-refractivity contribution in [1.29, 1.82) is 0 Å². The zero-order valence-electron chi connectivity index (χ0n) is 17.9. The highest BCUT2D eigenvalue weighted by Gasteiger charge is 2.36. The van der Waals surface area contributed by atoms with Crippen LogP contribution in [0, 0.1) is 5.92 Å². The van der Waals surface area contributed by atoms with Gasteiger partial charge >= 0.3 is 5.97 Å². The van der Waals surface area contributed by atoms with Crippen LogP contribution in [0.2, 0.25) is 0 Å². The zero-order chi connectivity index (χ0) is 22.5. The lowest BCUT2D eigenvalue weighted by Gasteiger charge is -2.17. The summed E-state index contributed by atoms with van der Waals surface area (Å²) in [5.74, 6) is -1.47. The summed E-state index contributed by atoms with van der Waals surface area (Å²) in [5, 5.41) is 2.68. The van der Waals surface area contributed by atoms with E-state index >= 15 is 0 Å². The van der Waals surface area contributed by atoms with Crippen molar-refractivity contribution in [3.63, 3.8) is 0 Å². The Labute approximate surface area is 181 Å². The molecule has 7 heteroatoms. The van der Waals surface area contributed by atoms with Gasteiger partial charge in [-0.25, -0.2) is 4.79 Å². The van der Waals surface area contributed by atoms with Gasteiger partial charge in [0, 0.05) is 18.5 Å². The normalized spacial score (nSPS) is 13.9. The molecule has 0 saturated carbocycles. The number of ether oxygens (including phenoxy) is 1. The molecule has 1 aliphatic rings. The van der Waals surface area contributed by atoms with E-state index in [0.29, 0.717) is 24.4 Å². The van der Waals surface area contributed by atoms with Crippen molar-refractivity contribution in [2.24, 2.45) is 5.92 Å². The van der Waals surface area contributed by atoms with Crippen LogP contribution in [-0.2, 0) is 16.0 Å². The highest BCUT2D eigenvalue weighted by molar-refractivity contribution is 6.22. The number of carbonyl (C=O) groups is 4. The molecule has 2 aromatic carbocycles. The molecule has 31 heavy (non-hydrogen) atoms. The Morgan fingerprint density at radius 1 is 1.00 bits per heavy atom. The largest absolute Gasteiger partial charge is 0.467 e. The fraction of sp³-hybridized carbons (Fsp3) is 0.333. The van der Waals surface area contributed by atoms with E-state index in [2.05, 4.69) is 5.32 Å². The summed E-state index contributed by atoms with van der Waals surface area (Å²) in [6.07, 6.45) is 0.976. The maximum Gasteiger partial charge on any atom is 0.328 e. The SMILES string of the molecule is COC(=O)[C@@H](Cc1ccccc1)NC(=O)c1ccc2c(c1)C(=O)N(CCC(C)C)C2=O. The van der Waals surface area contributed by atoms with Gasteiger partial charge in [-0.1, -0.05) is 44.2 Å². The van der Waals surface area contributed by atoms with Gasteiger partial charge in [0.15, 0.2) is 0 Å². The molecule has 0 saturated heterocycles. The Kier molecular flexibility index (Phi) is 6.84. The van der Waals surface area contributed by atoms with Crippen molar-refractivity contribution in [2.75, 3.05) is 13.7 Å². The van der Waals surface area contributed by atoms with E-state index in [1.54, 1.807) is 0 Å². The zero-order valence-corrected chi connectivity index (χ0v) is 17.9. The second-order valence-corrected chi connectivity index (χ2v) is 7.94. The van der Waals surface area contributed by atoms with Crippen molar-refractivity contribution in [2.45, 2.75) is 32.7 Å². The first-order valence-corrected chi connectivity index (χ1v) is 10.2. The van der Waals surface area contributed by atoms with E-state index in [-0.39, 0.29) is 23.5 Å². The number of hydrogen-bond donors (Lipinski definition) is 1. The summed E-state index contributed by atoms with van der Waals surface area (Å²) in [4.78, 5) is 51.5. The maximum atomic E-state index is 12.8. The number of rotatable bonds is 8. The minimum absolute atomic E-state index is 0.201. The average Bonchev–Trinajstić information content (AvgIpc) is 3.01. The Morgan fingerprint density at radius 3 is 2.32 bits per heavy atom. The summed E-state index contributed by atoms with van der Waals surface area (Å²) < 4.78 is 4.83. The summed E-state index contributed by atoms with van der Waals surface area (Å²) in [6.45, 7) is 4.38. The molecule has 0 aliphatic carbocycles. The van der Waals surface area contributed by atoms with E-state index in [4.69, 9.17) is 4.74 Å². The second kappa shape index (κ2) is 9.55. The van der Waals surface area contributed by atoms with Gasteiger partial charge in [-0.05, 0) is 36.1 Å². The van der Waals surface area contributed by atoms with E-state index in [1.807, 2.05) is 44.2 Å². The van der Waals surface area contributed by atoms with Gasteiger partial charge in [-0.2, -0.15) is 0 Å². The number of methoxy groups -OCH3 is 1. The standard InChI is InChI=1S/C24H26N2O5/c1-15(2)11-12-26-22(28)18-10-9-17(14-19(18)23(26)29)21(27)25-20(24(30)31-3)13-16-7-5-4-6-8-16/h4-10,14-15,20H,11-13H2,1-3H3,(H,25,27)/t20-/m1/s1. The van der Waals surface area contributed by atoms with Crippen LogP contribution in [0.5, 0.6) is 0 Å². The van der Waals surface area contributed by atoms with Crippen LogP contribution in [0.1, 0.15) is 56.9 Å². The smallest absolute Gasteiger partial charge is 0.328 e. The van der Waals surface area contributed by atoms with Crippen LogP contribution in [-0.4, -0.2) is 48.3 Å². The second-order valence-electron chi connectivity index (χ2n) is 7.94. The van der Waals surface area contributed by atoms with Crippen molar-refractivity contribution in [3.8, 4) is 0 Å². The summed E-state index contributed by atoms with van der Waals surface area (Å²) in [7, 11) is 1.26. The highest BCUT2D eigenvalue weighted by atomic mass is 16.5. The first kappa shape index (κ1) is 22.2. The van der Waals surface area contributed by atoms with E-state index in [0.717, 1.165) is 5.56 Å². The fourth-order valence-electron chi connectivity index (χ4n) is 3.45. The first-order chi connectivity index (χ1) is 14.8. The van der Waals surface area contributed by atoms with Crippen molar-refractivity contribution in [3.05, 3.63) is 70.8 Å². The van der Waals surface area contributed by atoms with Crippen LogP contribution in [0.3, 0.4) is 0 Å². The molecule has 1 N–H and O–H groups in total.